The number of aromatic nitrogens is 1. The van der Waals surface area contributed by atoms with Gasteiger partial charge in [-0.1, -0.05) is 24.3 Å². The topological polar surface area (TPSA) is 75.4 Å². The van der Waals surface area contributed by atoms with E-state index in [-0.39, 0.29) is 24.1 Å². The number of benzene rings is 2. The van der Waals surface area contributed by atoms with Gasteiger partial charge in [-0.25, -0.2) is 4.98 Å². The molecular formula is C21H16BrN3O3S. The van der Waals surface area contributed by atoms with Crippen molar-refractivity contribution in [2.45, 2.75) is 0 Å². The number of furan rings is 1. The summed E-state index contributed by atoms with van der Waals surface area (Å²) in [6.45, 7) is -0.0999. The Morgan fingerprint density at radius 2 is 1.86 bits per heavy atom. The summed E-state index contributed by atoms with van der Waals surface area (Å²) in [5, 5.41) is 3.48. The minimum absolute atomic E-state index is 0.0999. The zero-order chi connectivity index (χ0) is 20.4. The molecule has 2 amide bonds. The number of anilines is 1. The van der Waals surface area contributed by atoms with Gasteiger partial charge >= 0.3 is 0 Å². The smallest absolute Gasteiger partial charge is 0.289 e. The number of halogens is 1. The maximum absolute atomic E-state index is 12.6. The van der Waals surface area contributed by atoms with Crippen LogP contribution >= 0.6 is 27.3 Å². The van der Waals surface area contributed by atoms with Crippen LogP contribution in [0.15, 0.2) is 69.6 Å². The molecule has 0 radical (unpaired) electrons. The van der Waals surface area contributed by atoms with Crippen LogP contribution in [-0.2, 0) is 4.79 Å². The van der Waals surface area contributed by atoms with Crippen LogP contribution in [0.3, 0.4) is 0 Å². The van der Waals surface area contributed by atoms with Crippen LogP contribution in [0.4, 0.5) is 5.69 Å². The van der Waals surface area contributed by atoms with Crippen LogP contribution < -0.4 is 5.32 Å². The van der Waals surface area contributed by atoms with Gasteiger partial charge in [-0.3, -0.25) is 9.59 Å². The minimum Gasteiger partial charge on any atom is -0.448 e. The molecule has 1 N–H and O–H groups in total. The summed E-state index contributed by atoms with van der Waals surface area (Å²) in [6, 6.07) is 18.4. The normalized spacial score (nSPS) is 10.8. The summed E-state index contributed by atoms with van der Waals surface area (Å²) < 4.78 is 7.54. The lowest BCUT2D eigenvalue weighted by Crippen LogP contribution is -2.34. The fourth-order valence-electron chi connectivity index (χ4n) is 2.77. The molecule has 29 heavy (non-hydrogen) atoms. The molecule has 2 aromatic carbocycles. The Morgan fingerprint density at radius 3 is 2.66 bits per heavy atom. The first-order chi connectivity index (χ1) is 14.0. The van der Waals surface area contributed by atoms with Crippen molar-refractivity contribution in [3.8, 4) is 10.8 Å². The number of likely N-dealkylation sites (N-methyl/N-ethyl adjacent to an activating group) is 1. The van der Waals surface area contributed by atoms with Crippen LogP contribution in [0.5, 0.6) is 0 Å². The Labute approximate surface area is 179 Å². The second kappa shape index (κ2) is 8.18. The number of thiazole rings is 1. The molecule has 2 aromatic heterocycles. The van der Waals surface area contributed by atoms with Gasteiger partial charge in [0.1, 0.15) is 0 Å². The predicted octanol–water partition coefficient (Wildman–Crippen LogP) is 5.03. The lowest BCUT2D eigenvalue weighted by atomic mass is 10.3. The van der Waals surface area contributed by atoms with Crippen molar-refractivity contribution in [3.05, 3.63) is 70.9 Å². The molecular weight excluding hydrogens is 454 g/mol. The van der Waals surface area contributed by atoms with Crippen molar-refractivity contribution in [2.24, 2.45) is 0 Å². The molecule has 2 heterocycles. The number of amides is 2. The summed E-state index contributed by atoms with van der Waals surface area (Å²) in [5.41, 5.74) is 1.53. The molecule has 8 heteroatoms. The maximum Gasteiger partial charge on any atom is 0.289 e. The Kier molecular flexibility index (Phi) is 5.46. The zero-order valence-electron chi connectivity index (χ0n) is 15.4. The number of carbonyl (C=O) groups is 2. The number of rotatable bonds is 5. The summed E-state index contributed by atoms with van der Waals surface area (Å²) in [4.78, 5) is 30.8. The molecule has 0 aliphatic heterocycles. The lowest BCUT2D eigenvalue weighted by molar-refractivity contribution is -0.116. The van der Waals surface area contributed by atoms with Crippen LogP contribution in [0.2, 0.25) is 0 Å². The molecule has 0 aliphatic rings. The summed E-state index contributed by atoms with van der Waals surface area (Å²) in [6.07, 6.45) is 0. The molecule has 0 saturated carbocycles. The molecule has 4 aromatic rings. The van der Waals surface area contributed by atoms with Crippen LogP contribution in [0.25, 0.3) is 21.0 Å². The fourth-order valence-corrected chi connectivity index (χ4v) is 4.08. The standard InChI is InChI=1S/C21H16BrN3O3S/c1-25(12-19(26)23-14-7-3-2-6-13(14)22)21(27)17-11-10-16(28-17)20-24-15-8-4-5-9-18(15)29-20/h2-11H,12H2,1H3,(H,23,26). The minimum atomic E-state index is -0.375. The third-order valence-corrected chi connectivity index (χ3v) is 5.94. The van der Waals surface area contributed by atoms with E-state index in [4.69, 9.17) is 4.42 Å². The molecule has 0 spiro atoms. The maximum atomic E-state index is 12.6. The van der Waals surface area contributed by atoms with Crippen LogP contribution in [0, 0.1) is 0 Å². The van der Waals surface area contributed by atoms with Gasteiger partial charge in [0.05, 0.1) is 22.4 Å². The summed E-state index contributed by atoms with van der Waals surface area (Å²) in [5.74, 6) is 0.0152. The van der Waals surface area contributed by atoms with Crippen LogP contribution in [-0.4, -0.2) is 35.3 Å². The van der Waals surface area contributed by atoms with Gasteiger partial charge in [-0.2, -0.15) is 0 Å². The number of hydrogen-bond donors (Lipinski definition) is 1. The third-order valence-electron chi connectivity index (χ3n) is 4.20. The Balaban J connectivity index is 1.44. The molecule has 0 fully saturated rings. The first kappa shape index (κ1) is 19.4. The van der Waals surface area contributed by atoms with Crippen molar-refractivity contribution in [1.82, 2.24) is 9.88 Å². The van der Waals surface area contributed by atoms with E-state index in [0.29, 0.717) is 16.5 Å². The zero-order valence-corrected chi connectivity index (χ0v) is 17.8. The molecule has 0 aliphatic carbocycles. The Morgan fingerprint density at radius 1 is 1.10 bits per heavy atom. The van der Waals surface area contributed by atoms with Crippen molar-refractivity contribution in [2.75, 3.05) is 18.9 Å². The van der Waals surface area contributed by atoms with E-state index in [0.717, 1.165) is 14.7 Å². The molecule has 146 valence electrons. The number of nitrogens with one attached hydrogen (secondary N) is 1. The summed E-state index contributed by atoms with van der Waals surface area (Å²) >= 11 is 4.88. The highest BCUT2D eigenvalue weighted by molar-refractivity contribution is 9.10. The van der Waals surface area contributed by atoms with E-state index in [1.54, 1.807) is 25.2 Å². The van der Waals surface area contributed by atoms with Gasteiger partial charge in [-0.05, 0) is 52.3 Å². The van der Waals surface area contributed by atoms with Crippen molar-refractivity contribution in [3.63, 3.8) is 0 Å². The number of fused-ring (bicyclic) bond motifs is 1. The number of nitrogens with zero attached hydrogens (tertiary/aromatic N) is 2. The molecule has 0 atom stereocenters. The molecule has 0 saturated heterocycles. The SMILES string of the molecule is CN(CC(=O)Nc1ccccc1Br)C(=O)c1ccc(-c2nc3ccccc3s2)o1. The van der Waals surface area contributed by atoms with E-state index in [1.165, 1.54) is 16.2 Å². The quantitative estimate of drug-likeness (QED) is 0.444. The summed E-state index contributed by atoms with van der Waals surface area (Å²) in [7, 11) is 1.56. The van der Waals surface area contributed by atoms with E-state index in [1.807, 2.05) is 42.5 Å². The van der Waals surface area contributed by atoms with Crippen molar-refractivity contribution < 1.29 is 14.0 Å². The third kappa shape index (κ3) is 4.23. The highest BCUT2D eigenvalue weighted by Gasteiger charge is 2.20. The van der Waals surface area contributed by atoms with E-state index < -0.39 is 0 Å². The van der Waals surface area contributed by atoms with E-state index in [2.05, 4.69) is 26.2 Å². The van der Waals surface area contributed by atoms with E-state index >= 15 is 0 Å². The van der Waals surface area contributed by atoms with Crippen molar-refractivity contribution >= 4 is 55.0 Å². The average molecular weight is 470 g/mol. The van der Waals surface area contributed by atoms with E-state index in [9.17, 15) is 9.59 Å². The first-order valence-electron chi connectivity index (χ1n) is 8.77. The lowest BCUT2D eigenvalue weighted by Gasteiger charge is -2.15. The predicted molar refractivity (Wildman–Crippen MR) is 117 cm³/mol. The first-order valence-corrected chi connectivity index (χ1v) is 10.4. The van der Waals surface area contributed by atoms with Gasteiger partial charge in [-0.15, -0.1) is 11.3 Å². The van der Waals surface area contributed by atoms with Gasteiger partial charge in [0.2, 0.25) is 5.91 Å². The number of carbonyl (C=O) groups excluding carboxylic acids is 2. The van der Waals surface area contributed by atoms with Gasteiger partial charge in [0.15, 0.2) is 16.5 Å². The number of para-hydroxylation sites is 2. The molecule has 0 unspecified atom stereocenters. The van der Waals surface area contributed by atoms with Gasteiger partial charge in [0, 0.05) is 11.5 Å². The average Bonchev–Trinajstić information content (AvgIpc) is 3.36. The highest BCUT2D eigenvalue weighted by atomic mass is 79.9. The highest BCUT2D eigenvalue weighted by Crippen LogP contribution is 2.31. The van der Waals surface area contributed by atoms with Crippen molar-refractivity contribution in [1.29, 1.82) is 0 Å². The number of hydrogen-bond acceptors (Lipinski definition) is 5. The second-order valence-corrected chi connectivity index (χ2v) is 8.22. The second-order valence-electron chi connectivity index (χ2n) is 6.34. The van der Waals surface area contributed by atoms with Crippen LogP contribution in [0.1, 0.15) is 10.6 Å². The molecule has 6 nitrogen and oxygen atoms in total. The van der Waals surface area contributed by atoms with Gasteiger partial charge < -0.3 is 14.6 Å². The molecule has 0 bridgehead atoms. The Hall–Kier alpha value is -2.97. The largest absolute Gasteiger partial charge is 0.448 e. The fraction of sp³-hybridized carbons (Fsp3) is 0.0952. The Bertz CT molecular complexity index is 1170. The monoisotopic (exact) mass is 469 g/mol. The molecule has 4 rings (SSSR count). The van der Waals surface area contributed by atoms with Gasteiger partial charge in [0.25, 0.3) is 5.91 Å².